The Bertz CT molecular complexity index is 484. The van der Waals surface area contributed by atoms with Crippen LogP contribution >= 0.6 is 0 Å². The minimum Gasteiger partial charge on any atom is -0.504 e. The van der Waals surface area contributed by atoms with Gasteiger partial charge in [0.15, 0.2) is 11.5 Å². The van der Waals surface area contributed by atoms with Crippen LogP contribution in [0.5, 0.6) is 17.2 Å². The Morgan fingerprint density at radius 1 is 0.938 bits per heavy atom. The maximum atomic E-state index is 10.0. The second-order valence-corrected chi connectivity index (χ2v) is 3.59. The monoisotopic (exact) mass is 218 g/mol. The number of hydrogen-bond acceptors (Lipinski definition) is 3. The molecule has 16 heavy (non-hydrogen) atoms. The Hall–Kier alpha value is -1.90. The molecule has 0 saturated heterocycles. The summed E-state index contributed by atoms with van der Waals surface area (Å²) in [7, 11) is 3.15. The molecule has 2 aromatic rings. The number of fused-ring (bicyclic) bond motifs is 1. The van der Waals surface area contributed by atoms with Crippen LogP contribution in [0.2, 0.25) is 0 Å². The molecule has 0 aliphatic rings. The number of methoxy groups -OCH3 is 2. The van der Waals surface area contributed by atoms with Crippen LogP contribution in [0, 0.1) is 6.92 Å². The van der Waals surface area contributed by atoms with Crippen molar-refractivity contribution >= 4 is 10.8 Å². The van der Waals surface area contributed by atoms with Crippen LogP contribution in [0.3, 0.4) is 0 Å². The standard InChI is InChI=1S/C13H14O3/c1-8-11(14)13(16-3)10-7-5-4-6-9(10)12(8)15-2/h4-7,14H,1-3H3. The summed E-state index contributed by atoms with van der Waals surface area (Å²) in [5, 5.41) is 11.8. The maximum absolute atomic E-state index is 10.0. The van der Waals surface area contributed by atoms with Gasteiger partial charge in [0.25, 0.3) is 0 Å². The van der Waals surface area contributed by atoms with E-state index in [4.69, 9.17) is 9.47 Å². The van der Waals surface area contributed by atoms with Crippen molar-refractivity contribution < 1.29 is 14.6 Å². The van der Waals surface area contributed by atoms with Crippen LogP contribution < -0.4 is 9.47 Å². The molecule has 0 heterocycles. The number of aromatic hydroxyl groups is 1. The average molecular weight is 218 g/mol. The van der Waals surface area contributed by atoms with Crippen molar-refractivity contribution in [1.29, 1.82) is 0 Å². The lowest BCUT2D eigenvalue weighted by Gasteiger charge is -2.14. The molecule has 0 bridgehead atoms. The third-order valence-corrected chi connectivity index (χ3v) is 2.74. The highest BCUT2D eigenvalue weighted by molar-refractivity contribution is 5.97. The van der Waals surface area contributed by atoms with E-state index in [9.17, 15) is 5.11 Å². The fourth-order valence-corrected chi connectivity index (χ4v) is 1.96. The summed E-state index contributed by atoms with van der Waals surface area (Å²) in [5.74, 6) is 1.32. The zero-order chi connectivity index (χ0) is 11.7. The molecule has 0 unspecified atom stereocenters. The highest BCUT2D eigenvalue weighted by Gasteiger charge is 2.16. The summed E-state index contributed by atoms with van der Waals surface area (Å²) in [5.41, 5.74) is 0.693. The minimum absolute atomic E-state index is 0.137. The van der Waals surface area contributed by atoms with Gasteiger partial charge in [-0.05, 0) is 6.92 Å². The number of benzene rings is 2. The third-order valence-electron chi connectivity index (χ3n) is 2.74. The molecule has 0 aliphatic heterocycles. The predicted molar refractivity (Wildman–Crippen MR) is 63.5 cm³/mol. The lowest BCUT2D eigenvalue weighted by Crippen LogP contribution is -1.93. The highest BCUT2D eigenvalue weighted by atomic mass is 16.5. The average Bonchev–Trinajstić information content (AvgIpc) is 2.31. The topological polar surface area (TPSA) is 38.7 Å². The van der Waals surface area contributed by atoms with Crippen molar-refractivity contribution in [3.63, 3.8) is 0 Å². The molecule has 3 nitrogen and oxygen atoms in total. The first-order chi connectivity index (χ1) is 7.70. The van der Waals surface area contributed by atoms with Gasteiger partial charge < -0.3 is 14.6 Å². The van der Waals surface area contributed by atoms with Crippen molar-refractivity contribution in [1.82, 2.24) is 0 Å². The minimum atomic E-state index is 0.137. The zero-order valence-electron chi connectivity index (χ0n) is 9.57. The first-order valence-electron chi connectivity index (χ1n) is 5.03. The van der Waals surface area contributed by atoms with Crippen molar-refractivity contribution in [2.45, 2.75) is 6.92 Å². The Morgan fingerprint density at radius 2 is 1.44 bits per heavy atom. The zero-order valence-corrected chi connectivity index (χ0v) is 9.57. The number of ether oxygens (including phenoxy) is 2. The summed E-state index contributed by atoms with van der Waals surface area (Å²) in [4.78, 5) is 0. The smallest absolute Gasteiger partial charge is 0.168 e. The van der Waals surface area contributed by atoms with Crippen molar-refractivity contribution in [3.8, 4) is 17.2 Å². The molecule has 0 aromatic heterocycles. The van der Waals surface area contributed by atoms with Gasteiger partial charge in [-0.2, -0.15) is 0 Å². The molecule has 0 radical (unpaired) electrons. The largest absolute Gasteiger partial charge is 0.504 e. The van der Waals surface area contributed by atoms with Crippen LogP contribution in [0.15, 0.2) is 24.3 Å². The highest BCUT2D eigenvalue weighted by Crippen LogP contribution is 2.44. The van der Waals surface area contributed by atoms with E-state index in [-0.39, 0.29) is 5.75 Å². The molecule has 84 valence electrons. The molecule has 2 aromatic carbocycles. The Balaban J connectivity index is 2.95. The first-order valence-corrected chi connectivity index (χ1v) is 5.03. The van der Waals surface area contributed by atoms with Gasteiger partial charge in [0.2, 0.25) is 0 Å². The summed E-state index contributed by atoms with van der Waals surface area (Å²) in [6.07, 6.45) is 0. The predicted octanol–water partition coefficient (Wildman–Crippen LogP) is 2.87. The number of phenolic OH excluding ortho intramolecular Hbond substituents is 1. The SMILES string of the molecule is COc1c(C)c(O)c(OC)c2ccccc12. The van der Waals surface area contributed by atoms with E-state index in [0.29, 0.717) is 17.1 Å². The van der Waals surface area contributed by atoms with Crippen molar-refractivity contribution in [2.75, 3.05) is 14.2 Å². The van der Waals surface area contributed by atoms with Gasteiger partial charge in [0.05, 0.1) is 14.2 Å². The van der Waals surface area contributed by atoms with Gasteiger partial charge in [0.1, 0.15) is 5.75 Å². The molecule has 1 N–H and O–H groups in total. The molecular weight excluding hydrogens is 204 g/mol. The summed E-state index contributed by atoms with van der Waals surface area (Å²) in [6.45, 7) is 1.81. The van der Waals surface area contributed by atoms with Crippen LogP contribution in [0.1, 0.15) is 5.56 Å². The van der Waals surface area contributed by atoms with Crippen LogP contribution in [0.4, 0.5) is 0 Å². The molecule has 3 heteroatoms. The van der Waals surface area contributed by atoms with E-state index in [1.165, 1.54) is 0 Å². The second-order valence-electron chi connectivity index (χ2n) is 3.59. The molecular formula is C13H14O3. The van der Waals surface area contributed by atoms with Crippen LogP contribution in [-0.2, 0) is 0 Å². The van der Waals surface area contributed by atoms with Gasteiger partial charge in [0, 0.05) is 16.3 Å². The van der Waals surface area contributed by atoms with Gasteiger partial charge in [-0.15, -0.1) is 0 Å². The van der Waals surface area contributed by atoms with E-state index in [1.54, 1.807) is 14.2 Å². The molecule has 0 aliphatic carbocycles. The summed E-state index contributed by atoms with van der Waals surface area (Å²) >= 11 is 0. The molecule has 0 atom stereocenters. The van der Waals surface area contributed by atoms with Gasteiger partial charge >= 0.3 is 0 Å². The summed E-state index contributed by atoms with van der Waals surface area (Å²) in [6, 6.07) is 7.68. The molecule has 0 amide bonds. The normalized spacial score (nSPS) is 10.4. The lowest BCUT2D eigenvalue weighted by molar-refractivity contribution is 0.368. The van der Waals surface area contributed by atoms with Gasteiger partial charge in [-0.1, -0.05) is 24.3 Å². The molecule has 0 saturated carbocycles. The Labute approximate surface area is 94.2 Å². The Kier molecular flexibility index (Phi) is 2.60. The van der Waals surface area contributed by atoms with E-state index in [1.807, 2.05) is 31.2 Å². The van der Waals surface area contributed by atoms with Crippen LogP contribution in [0.25, 0.3) is 10.8 Å². The first kappa shape index (κ1) is 10.6. The van der Waals surface area contributed by atoms with E-state index >= 15 is 0 Å². The van der Waals surface area contributed by atoms with Crippen LogP contribution in [-0.4, -0.2) is 19.3 Å². The second kappa shape index (κ2) is 3.93. The van der Waals surface area contributed by atoms with E-state index < -0.39 is 0 Å². The van der Waals surface area contributed by atoms with Gasteiger partial charge in [-0.25, -0.2) is 0 Å². The van der Waals surface area contributed by atoms with E-state index in [0.717, 1.165) is 10.8 Å². The third kappa shape index (κ3) is 1.36. The van der Waals surface area contributed by atoms with Crippen molar-refractivity contribution in [3.05, 3.63) is 29.8 Å². The summed E-state index contributed by atoms with van der Waals surface area (Å²) < 4.78 is 10.6. The fourth-order valence-electron chi connectivity index (χ4n) is 1.96. The number of phenols is 1. The lowest BCUT2D eigenvalue weighted by atomic mass is 10.0. The van der Waals surface area contributed by atoms with Gasteiger partial charge in [-0.3, -0.25) is 0 Å². The quantitative estimate of drug-likeness (QED) is 0.842. The Morgan fingerprint density at radius 3 is 1.94 bits per heavy atom. The number of hydrogen-bond donors (Lipinski definition) is 1. The molecule has 0 spiro atoms. The van der Waals surface area contributed by atoms with Crippen molar-refractivity contribution in [2.24, 2.45) is 0 Å². The number of rotatable bonds is 2. The maximum Gasteiger partial charge on any atom is 0.168 e. The molecule has 2 rings (SSSR count). The fraction of sp³-hybridized carbons (Fsp3) is 0.231. The molecule has 0 fully saturated rings. The van der Waals surface area contributed by atoms with E-state index in [2.05, 4.69) is 0 Å².